The summed E-state index contributed by atoms with van der Waals surface area (Å²) in [5, 5.41) is 10.0. The molecule has 0 rings (SSSR count). The second-order valence-corrected chi connectivity index (χ2v) is 1.17. The molecule has 0 amide bonds. The first-order valence-corrected chi connectivity index (χ1v) is 1.91. The van der Waals surface area contributed by atoms with E-state index in [9.17, 15) is 9.59 Å². The van der Waals surface area contributed by atoms with Gasteiger partial charge in [-0.3, -0.25) is 9.59 Å². The molecule has 0 heterocycles. The summed E-state index contributed by atoms with van der Waals surface area (Å²) in [6.07, 6.45) is 0.558. The smallest absolute Gasteiger partial charge is 0.242 e. The molecule has 0 aromatic carbocycles. The fourth-order valence-corrected chi connectivity index (χ4v) is 0.143. The quantitative estimate of drug-likeness (QED) is 0.230. The van der Waals surface area contributed by atoms with Crippen molar-refractivity contribution in [3.05, 3.63) is 0 Å². The zero-order valence-electron chi connectivity index (χ0n) is 4.29. The molecule has 1 N–H and O–H groups in total. The second kappa shape index (κ2) is 2.90. The fourth-order valence-electron chi connectivity index (χ4n) is 0.143. The third-order valence-electron chi connectivity index (χ3n) is 0.522. The van der Waals surface area contributed by atoms with E-state index >= 15 is 0 Å². The van der Waals surface area contributed by atoms with Crippen molar-refractivity contribution < 1.29 is 14.8 Å². The summed E-state index contributed by atoms with van der Waals surface area (Å²) in [4.78, 5) is 20.1. The third kappa shape index (κ3) is 2.07. The zero-order chi connectivity index (χ0) is 6.57. The molecule has 0 aliphatic rings. The van der Waals surface area contributed by atoms with Crippen LogP contribution in [0.1, 0.15) is 6.92 Å². The molecule has 0 aromatic heterocycles. The van der Waals surface area contributed by atoms with E-state index in [0.29, 0.717) is 6.21 Å². The van der Waals surface area contributed by atoms with Crippen LogP contribution in [0.5, 0.6) is 0 Å². The summed E-state index contributed by atoms with van der Waals surface area (Å²) in [5.41, 5.74) is 0. The minimum Gasteiger partial charge on any atom is -0.411 e. The van der Waals surface area contributed by atoms with E-state index in [1.54, 1.807) is 0 Å². The molecule has 0 spiro atoms. The SMILES string of the molecule is CC(=O)C(=O)C=NO. The predicted octanol–water partition coefficient (Wildman–Crippen LogP) is -0.396. The van der Waals surface area contributed by atoms with Crippen molar-refractivity contribution >= 4 is 17.8 Å². The van der Waals surface area contributed by atoms with Gasteiger partial charge in [0.25, 0.3) is 0 Å². The number of hydrogen-bond donors (Lipinski definition) is 1. The molecule has 4 nitrogen and oxygen atoms in total. The third-order valence-corrected chi connectivity index (χ3v) is 0.522. The molecule has 8 heavy (non-hydrogen) atoms. The lowest BCUT2D eigenvalue weighted by molar-refractivity contribution is -0.131. The summed E-state index contributed by atoms with van der Waals surface area (Å²) >= 11 is 0. The number of carbonyl (C=O) groups is 2. The summed E-state index contributed by atoms with van der Waals surface area (Å²) in [6, 6.07) is 0. The van der Waals surface area contributed by atoms with Gasteiger partial charge in [0.1, 0.15) is 6.21 Å². The van der Waals surface area contributed by atoms with Gasteiger partial charge in [-0.2, -0.15) is 0 Å². The summed E-state index contributed by atoms with van der Waals surface area (Å²) in [7, 11) is 0. The van der Waals surface area contributed by atoms with Gasteiger partial charge >= 0.3 is 0 Å². The van der Waals surface area contributed by atoms with Crippen LogP contribution in [0.2, 0.25) is 0 Å². The molecule has 44 valence electrons. The average molecular weight is 115 g/mol. The van der Waals surface area contributed by atoms with E-state index in [1.807, 2.05) is 0 Å². The minimum atomic E-state index is -0.799. The highest BCUT2D eigenvalue weighted by Gasteiger charge is 2.01. The molecule has 0 aromatic rings. The molecular weight excluding hydrogens is 110 g/mol. The van der Waals surface area contributed by atoms with E-state index in [0.717, 1.165) is 6.92 Å². The second-order valence-electron chi connectivity index (χ2n) is 1.17. The summed E-state index contributed by atoms with van der Waals surface area (Å²) < 4.78 is 0. The maximum absolute atomic E-state index is 10.1. The van der Waals surface area contributed by atoms with Gasteiger partial charge in [-0.05, 0) is 0 Å². The molecule has 0 atom stereocenters. The van der Waals surface area contributed by atoms with Crippen molar-refractivity contribution in [3.8, 4) is 0 Å². The number of rotatable bonds is 2. The Bertz CT molecular complexity index is 138. The van der Waals surface area contributed by atoms with E-state index in [2.05, 4.69) is 5.16 Å². The fraction of sp³-hybridized carbons (Fsp3) is 0.250. The van der Waals surface area contributed by atoms with Gasteiger partial charge in [0, 0.05) is 6.92 Å². The molecular formula is C4H5NO3. The number of Topliss-reactive ketones (excluding diaryl/α,β-unsaturated/α-hetero) is 2. The van der Waals surface area contributed by atoms with Crippen LogP contribution in [-0.2, 0) is 9.59 Å². The Morgan fingerprint density at radius 3 is 2.25 bits per heavy atom. The van der Waals surface area contributed by atoms with Crippen molar-refractivity contribution in [1.29, 1.82) is 0 Å². The first-order chi connectivity index (χ1) is 3.68. The molecule has 0 saturated heterocycles. The Morgan fingerprint density at radius 1 is 1.62 bits per heavy atom. The maximum Gasteiger partial charge on any atom is 0.242 e. The van der Waals surface area contributed by atoms with Crippen LogP contribution >= 0.6 is 0 Å². The minimum absolute atomic E-state index is 0.558. The molecule has 0 aliphatic carbocycles. The Balaban J connectivity index is 3.85. The molecule has 4 heteroatoms. The molecule has 0 bridgehead atoms. The van der Waals surface area contributed by atoms with Crippen LogP contribution in [0.4, 0.5) is 0 Å². The Morgan fingerprint density at radius 2 is 2.12 bits per heavy atom. The van der Waals surface area contributed by atoms with Gasteiger partial charge < -0.3 is 5.21 Å². The lowest BCUT2D eigenvalue weighted by Gasteiger charge is -1.77. The maximum atomic E-state index is 10.1. The first-order valence-electron chi connectivity index (χ1n) is 1.91. The number of carbonyl (C=O) groups excluding carboxylic acids is 2. The van der Waals surface area contributed by atoms with Crippen molar-refractivity contribution in [3.63, 3.8) is 0 Å². The molecule has 0 saturated carbocycles. The number of ketones is 2. The van der Waals surface area contributed by atoms with Crippen molar-refractivity contribution in [2.45, 2.75) is 6.92 Å². The van der Waals surface area contributed by atoms with Crippen LogP contribution in [0.3, 0.4) is 0 Å². The zero-order valence-corrected chi connectivity index (χ0v) is 4.29. The van der Waals surface area contributed by atoms with Gasteiger partial charge in [0.2, 0.25) is 11.6 Å². The van der Waals surface area contributed by atoms with Gasteiger partial charge in [0.15, 0.2) is 0 Å². The van der Waals surface area contributed by atoms with Crippen LogP contribution in [0, 0.1) is 0 Å². The number of oxime groups is 1. The molecule has 0 fully saturated rings. The lowest BCUT2D eigenvalue weighted by Crippen LogP contribution is -2.09. The highest BCUT2D eigenvalue weighted by molar-refractivity contribution is 6.58. The van der Waals surface area contributed by atoms with E-state index in [4.69, 9.17) is 5.21 Å². The predicted molar refractivity (Wildman–Crippen MR) is 26.0 cm³/mol. The van der Waals surface area contributed by atoms with E-state index in [1.165, 1.54) is 0 Å². The van der Waals surface area contributed by atoms with Crippen molar-refractivity contribution in [1.82, 2.24) is 0 Å². The Hall–Kier alpha value is -1.19. The number of nitrogens with zero attached hydrogens (tertiary/aromatic N) is 1. The van der Waals surface area contributed by atoms with E-state index < -0.39 is 11.6 Å². The molecule has 0 unspecified atom stereocenters. The largest absolute Gasteiger partial charge is 0.411 e. The normalized spacial score (nSPS) is 9.62. The van der Waals surface area contributed by atoms with Crippen molar-refractivity contribution in [2.24, 2.45) is 5.16 Å². The average Bonchev–Trinajstić information content (AvgIpc) is 1.67. The number of hydrogen-bond acceptors (Lipinski definition) is 4. The van der Waals surface area contributed by atoms with Crippen LogP contribution in [0.15, 0.2) is 5.16 Å². The summed E-state index contributed by atoms with van der Waals surface area (Å²) in [6.45, 7) is 1.10. The van der Waals surface area contributed by atoms with Gasteiger partial charge in [-0.25, -0.2) is 0 Å². The summed E-state index contributed by atoms with van der Waals surface area (Å²) in [5.74, 6) is -1.43. The molecule has 0 aliphatic heterocycles. The standard InChI is InChI=1S/C4H5NO3/c1-3(6)4(7)2-5-8/h2,8H,1H3. The lowest BCUT2D eigenvalue weighted by atomic mass is 10.3. The highest BCUT2D eigenvalue weighted by Crippen LogP contribution is 1.67. The van der Waals surface area contributed by atoms with Gasteiger partial charge in [-0.15, -0.1) is 0 Å². The molecule has 0 radical (unpaired) electrons. The van der Waals surface area contributed by atoms with Crippen molar-refractivity contribution in [2.75, 3.05) is 0 Å². The van der Waals surface area contributed by atoms with Crippen LogP contribution in [0.25, 0.3) is 0 Å². The Kier molecular flexibility index (Phi) is 2.47. The highest BCUT2D eigenvalue weighted by atomic mass is 16.4. The monoisotopic (exact) mass is 115 g/mol. The first kappa shape index (κ1) is 6.81. The van der Waals surface area contributed by atoms with Crippen LogP contribution in [-0.4, -0.2) is 23.0 Å². The van der Waals surface area contributed by atoms with Crippen LogP contribution < -0.4 is 0 Å². The Labute approximate surface area is 45.8 Å². The van der Waals surface area contributed by atoms with Gasteiger partial charge in [0.05, 0.1) is 0 Å². The van der Waals surface area contributed by atoms with E-state index in [-0.39, 0.29) is 0 Å². The topological polar surface area (TPSA) is 66.7 Å². The van der Waals surface area contributed by atoms with Gasteiger partial charge in [-0.1, -0.05) is 5.16 Å².